The van der Waals surface area contributed by atoms with E-state index in [1.165, 1.54) is 12.1 Å². The van der Waals surface area contributed by atoms with Crippen molar-refractivity contribution in [3.63, 3.8) is 0 Å². The summed E-state index contributed by atoms with van der Waals surface area (Å²) in [6.45, 7) is 3.14. The predicted octanol–water partition coefficient (Wildman–Crippen LogP) is 3.34. The number of hydrogen-bond acceptors (Lipinski definition) is 4. The molecule has 1 saturated heterocycles. The van der Waals surface area contributed by atoms with Gasteiger partial charge in [-0.15, -0.1) is 0 Å². The molecular formula is C21H22FN5O. The molecule has 0 radical (unpaired) electrons. The number of aryl methyl sites for hydroxylation is 1. The van der Waals surface area contributed by atoms with Gasteiger partial charge in [-0.1, -0.05) is 6.07 Å². The summed E-state index contributed by atoms with van der Waals surface area (Å²) in [6.07, 6.45) is 6.97. The van der Waals surface area contributed by atoms with Crippen LogP contribution >= 0.6 is 0 Å². The zero-order valence-corrected chi connectivity index (χ0v) is 16.0. The Morgan fingerprint density at radius 3 is 2.79 bits per heavy atom. The van der Waals surface area contributed by atoms with E-state index in [0.29, 0.717) is 18.7 Å². The molecule has 0 unspecified atom stereocenters. The van der Waals surface area contributed by atoms with E-state index in [-0.39, 0.29) is 11.8 Å². The van der Waals surface area contributed by atoms with Gasteiger partial charge in [0.05, 0.1) is 17.6 Å². The molecule has 1 aromatic carbocycles. The fourth-order valence-corrected chi connectivity index (χ4v) is 3.76. The number of aromatic nitrogens is 4. The number of likely N-dealkylation sites (tertiary alicyclic amines) is 1. The monoisotopic (exact) mass is 379 g/mol. The third-order valence-electron chi connectivity index (χ3n) is 5.36. The highest BCUT2D eigenvalue weighted by atomic mass is 19.1. The van der Waals surface area contributed by atoms with E-state index < -0.39 is 5.82 Å². The molecule has 0 saturated carbocycles. The van der Waals surface area contributed by atoms with Crippen LogP contribution in [0.2, 0.25) is 0 Å². The summed E-state index contributed by atoms with van der Waals surface area (Å²) >= 11 is 0. The van der Waals surface area contributed by atoms with Crippen molar-refractivity contribution in [2.75, 3.05) is 13.1 Å². The molecule has 1 atom stereocenters. The molecule has 3 heterocycles. The number of benzene rings is 1. The number of halogens is 1. The number of hydrogen-bond donors (Lipinski definition) is 0. The summed E-state index contributed by atoms with van der Waals surface area (Å²) in [7, 11) is 1.96. The summed E-state index contributed by atoms with van der Waals surface area (Å²) in [6, 6.07) is 5.85. The van der Waals surface area contributed by atoms with E-state index in [0.717, 1.165) is 35.7 Å². The first-order valence-corrected chi connectivity index (χ1v) is 9.39. The molecule has 6 nitrogen and oxygen atoms in total. The maximum Gasteiger partial charge on any atom is 0.253 e. The van der Waals surface area contributed by atoms with Crippen LogP contribution in [-0.4, -0.2) is 43.4 Å². The maximum absolute atomic E-state index is 13.5. The lowest BCUT2D eigenvalue weighted by Crippen LogP contribution is -2.39. The summed E-state index contributed by atoms with van der Waals surface area (Å²) in [5.74, 6) is 0.427. The Bertz CT molecular complexity index is 1020. The highest BCUT2D eigenvalue weighted by molar-refractivity contribution is 5.94. The zero-order valence-electron chi connectivity index (χ0n) is 16.0. The molecule has 0 spiro atoms. The molecule has 1 aliphatic heterocycles. The van der Waals surface area contributed by atoms with Gasteiger partial charge in [0.2, 0.25) is 0 Å². The lowest BCUT2D eigenvalue weighted by Gasteiger charge is -2.33. The molecule has 1 fully saturated rings. The fraction of sp³-hybridized carbons (Fsp3) is 0.333. The molecule has 4 rings (SSSR count). The molecule has 0 aliphatic carbocycles. The van der Waals surface area contributed by atoms with E-state index in [2.05, 4.69) is 15.0 Å². The Morgan fingerprint density at radius 2 is 2.04 bits per heavy atom. The first-order chi connectivity index (χ1) is 13.5. The molecular weight excluding hydrogens is 357 g/mol. The first kappa shape index (κ1) is 18.3. The molecule has 2 aromatic heterocycles. The molecule has 0 N–H and O–H groups in total. The average Bonchev–Trinajstić information content (AvgIpc) is 3.06. The molecule has 144 valence electrons. The van der Waals surface area contributed by atoms with Crippen LogP contribution in [0.15, 0.2) is 42.9 Å². The quantitative estimate of drug-likeness (QED) is 0.700. The minimum atomic E-state index is -0.401. The smallest absolute Gasteiger partial charge is 0.253 e. The van der Waals surface area contributed by atoms with Gasteiger partial charge in [0.1, 0.15) is 17.3 Å². The van der Waals surface area contributed by atoms with E-state index in [1.807, 2.05) is 18.5 Å². The standard InChI is InChI=1S/C21H22FN5O/c1-14-25-12-18(26(14)2)20-19(23-8-9-24-20)16-6-4-10-27(13-16)21(28)15-5-3-7-17(22)11-15/h3,5,7-9,11-12,16H,4,6,10,13H2,1-2H3/t16-/m1/s1. The van der Waals surface area contributed by atoms with E-state index in [4.69, 9.17) is 0 Å². The Kier molecular flexibility index (Phi) is 4.90. The van der Waals surface area contributed by atoms with Gasteiger partial charge in [0.25, 0.3) is 5.91 Å². The Balaban J connectivity index is 1.62. The highest BCUT2D eigenvalue weighted by Gasteiger charge is 2.29. The van der Waals surface area contributed by atoms with Crippen molar-refractivity contribution < 1.29 is 9.18 Å². The fourth-order valence-electron chi connectivity index (χ4n) is 3.76. The molecule has 1 amide bonds. The van der Waals surface area contributed by atoms with Gasteiger partial charge in [-0.3, -0.25) is 14.8 Å². The van der Waals surface area contributed by atoms with Crippen molar-refractivity contribution in [3.05, 3.63) is 65.8 Å². The van der Waals surface area contributed by atoms with Gasteiger partial charge < -0.3 is 9.47 Å². The molecule has 1 aliphatic rings. The van der Waals surface area contributed by atoms with Crippen LogP contribution in [0.25, 0.3) is 11.4 Å². The number of carbonyl (C=O) groups is 1. The van der Waals surface area contributed by atoms with E-state index >= 15 is 0 Å². The highest BCUT2D eigenvalue weighted by Crippen LogP contribution is 2.32. The number of piperidine rings is 1. The van der Waals surface area contributed by atoms with Crippen molar-refractivity contribution in [1.82, 2.24) is 24.4 Å². The van der Waals surface area contributed by atoms with Crippen LogP contribution in [0.5, 0.6) is 0 Å². The van der Waals surface area contributed by atoms with Crippen LogP contribution in [0.3, 0.4) is 0 Å². The van der Waals surface area contributed by atoms with Crippen molar-refractivity contribution in [2.45, 2.75) is 25.7 Å². The minimum Gasteiger partial charge on any atom is -0.338 e. The van der Waals surface area contributed by atoms with Crippen molar-refractivity contribution in [3.8, 4) is 11.4 Å². The van der Waals surface area contributed by atoms with Crippen LogP contribution < -0.4 is 0 Å². The second-order valence-electron chi connectivity index (χ2n) is 7.14. The first-order valence-electron chi connectivity index (χ1n) is 9.39. The summed E-state index contributed by atoms with van der Waals surface area (Å²) < 4.78 is 15.5. The molecule has 3 aromatic rings. The molecule has 28 heavy (non-hydrogen) atoms. The van der Waals surface area contributed by atoms with Gasteiger partial charge in [-0.05, 0) is 38.0 Å². The normalized spacial score (nSPS) is 17.0. The van der Waals surface area contributed by atoms with Crippen LogP contribution in [-0.2, 0) is 7.05 Å². The van der Waals surface area contributed by atoms with Gasteiger partial charge in [-0.2, -0.15) is 0 Å². The van der Waals surface area contributed by atoms with Gasteiger partial charge in [0, 0.05) is 44.0 Å². The topological polar surface area (TPSA) is 63.9 Å². The second kappa shape index (κ2) is 7.50. The Morgan fingerprint density at radius 1 is 1.21 bits per heavy atom. The minimum absolute atomic E-state index is 0.0742. The molecule has 7 heteroatoms. The average molecular weight is 379 g/mol. The van der Waals surface area contributed by atoms with Gasteiger partial charge in [-0.25, -0.2) is 9.37 Å². The third kappa shape index (κ3) is 3.40. The number of imidazole rings is 1. The third-order valence-corrected chi connectivity index (χ3v) is 5.36. The molecule has 0 bridgehead atoms. The summed E-state index contributed by atoms with van der Waals surface area (Å²) in [4.78, 5) is 28.2. The van der Waals surface area contributed by atoms with Crippen molar-refractivity contribution in [1.29, 1.82) is 0 Å². The van der Waals surface area contributed by atoms with Gasteiger partial charge >= 0.3 is 0 Å². The largest absolute Gasteiger partial charge is 0.338 e. The number of carbonyl (C=O) groups excluding carboxylic acids is 1. The number of amides is 1. The lowest BCUT2D eigenvalue weighted by molar-refractivity contribution is 0.0705. The Labute approximate surface area is 163 Å². The summed E-state index contributed by atoms with van der Waals surface area (Å²) in [5.41, 5.74) is 2.97. The predicted molar refractivity (Wildman–Crippen MR) is 103 cm³/mol. The van der Waals surface area contributed by atoms with Crippen LogP contribution in [0.4, 0.5) is 4.39 Å². The Hall–Kier alpha value is -3.09. The van der Waals surface area contributed by atoms with Crippen molar-refractivity contribution in [2.24, 2.45) is 7.05 Å². The van der Waals surface area contributed by atoms with Gasteiger partial charge in [0.15, 0.2) is 0 Å². The number of nitrogens with zero attached hydrogens (tertiary/aromatic N) is 5. The van der Waals surface area contributed by atoms with Crippen LogP contribution in [0, 0.1) is 12.7 Å². The van der Waals surface area contributed by atoms with E-state index in [1.54, 1.807) is 35.6 Å². The zero-order chi connectivity index (χ0) is 19.7. The SMILES string of the molecule is Cc1ncc(-c2nccnc2[C@@H]2CCCN(C(=O)c3cccc(F)c3)C2)n1C. The summed E-state index contributed by atoms with van der Waals surface area (Å²) in [5, 5.41) is 0. The van der Waals surface area contributed by atoms with E-state index in [9.17, 15) is 9.18 Å². The lowest BCUT2D eigenvalue weighted by atomic mass is 9.92. The number of rotatable bonds is 3. The maximum atomic E-state index is 13.5. The van der Waals surface area contributed by atoms with Crippen molar-refractivity contribution >= 4 is 5.91 Å². The van der Waals surface area contributed by atoms with Crippen LogP contribution in [0.1, 0.15) is 40.6 Å². The second-order valence-corrected chi connectivity index (χ2v) is 7.14.